The molecule has 0 amide bonds. The molecule has 2 heterocycles. The quantitative estimate of drug-likeness (QED) is 0.859. The van der Waals surface area contributed by atoms with Gasteiger partial charge in [0.25, 0.3) is 0 Å². The number of aryl methyl sites for hydroxylation is 1. The highest BCUT2D eigenvalue weighted by Gasteiger charge is 2.21. The molecule has 2 aromatic heterocycles. The third-order valence-electron chi connectivity index (χ3n) is 3.59. The zero-order chi connectivity index (χ0) is 11.8. The number of pyridine rings is 1. The third kappa shape index (κ3) is 1.62. The van der Waals surface area contributed by atoms with Gasteiger partial charge < -0.3 is 9.51 Å². The van der Waals surface area contributed by atoms with Gasteiger partial charge in [-0.2, -0.15) is 0 Å². The first-order valence-electron chi connectivity index (χ1n) is 6.09. The van der Waals surface area contributed by atoms with Crippen molar-refractivity contribution in [3.8, 4) is 0 Å². The summed E-state index contributed by atoms with van der Waals surface area (Å²) in [5.41, 5.74) is 4.70. The molecule has 3 rings (SSSR count). The van der Waals surface area contributed by atoms with Gasteiger partial charge in [0.1, 0.15) is 0 Å². The molecular weight excluding hydrogens is 214 g/mol. The first-order chi connectivity index (χ1) is 8.27. The molecule has 2 aromatic rings. The van der Waals surface area contributed by atoms with Crippen LogP contribution in [0.5, 0.6) is 0 Å². The van der Waals surface area contributed by atoms with E-state index in [1.54, 1.807) is 0 Å². The Morgan fingerprint density at radius 1 is 1.29 bits per heavy atom. The zero-order valence-electron chi connectivity index (χ0n) is 9.65. The number of carboxylic acid groups (broad SMARTS) is 1. The van der Waals surface area contributed by atoms with E-state index in [9.17, 15) is 4.79 Å². The van der Waals surface area contributed by atoms with Crippen LogP contribution in [-0.2, 0) is 24.1 Å². The van der Waals surface area contributed by atoms with Crippen molar-refractivity contribution >= 4 is 11.5 Å². The molecule has 1 aliphatic carbocycles. The van der Waals surface area contributed by atoms with Crippen molar-refractivity contribution in [1.82, 2.24) is 4.40 Å². The number of fused-ring (bicyclic) bond motifs is 3. The van der Waals surface area contributed by atoms with Gasteiger partial charge in [0, 0.05) is 17.4 Å². The molecule has 0 aliphatic heterocycles. The van der Waals surface area contributed by atoms with Crippen LogP contribution in [0.1, 0.15) is 29.7 Å². The van der Waals surface area contributed by atoms with Gasteiger partial charge in [0.15, 0.2) is 0 Å². The van der Waals surface area contributed by atoms with E-state index in [4.69, 9.17) is 5.11 Å². The molecule has 0 spiro atoms. The minimum absolute atomic E-state index is 0.142. The number of hydrogen-bond donors (Lipinski definition) is 1. The molecule has 3 heteroatoms. The molecule has 0 atom stereocenters. The van der Waals surface area contributed by atoms with E-state index in [-0.39, 0.29) is 6.42 Å². The SMILES string of the molecule is O=C(O)Cc1c2c(n3ccccc13)CCCC2. The molecule has 0 bridgehead atoms. The molecule has 0 fully saturated rings. The monoisotopic (exact) mass is 229 g/mol. The Hall–Kier alpha value is -1.77. The molecule has 88 valence electrons. The molecule has 0 saturated carbocycles. The van der Waals surface area contributed by atoms with Crippen LogP contribution in [0, 0.1) is 0 Å². The van der Waals surface area contributed by atoms with E-state index in [0.29, 0.717) is 0 Å². The standard InChI is InChI=1S/C14H15NO2/c16-14(17)9-11-10-5-1-2-6-12(10)15-8-4-3-7-13(11)15/h3-4,7-8H,1-2,5-6,9H2,(H,16,17). The average molecular weight is 229 g/mol. The van der Waals surface area contributed by atoms with Crippen LogP contribution in [0.3, 0.4) is 0 Å². The van der Waals surface area contributed by atoms with Gasteiger partial charge in [-0.3, -0.25) is 4.79 Å². The van der Waals surface area contributed by atoms with Crippen LogP contribution in [0.2, 0.25) is 0 Å². The topological polar surface area (TPSA) is 41.7 Å². The highest BCUT2D eigenvalue weighted by molar-refractivity contribution is 5.76. The maximum absolute atomic E-state index is 11.0. The summed E-state index contributed by atoms with van der Waals surface area (Å²) in [6, 6.07) is 6.01. The van der Waals surface area contributed by atoms with Gasteiger partial charge in [0.05, 0.1) is 6.42 Å². The summed E-state index contributed by atoms with van der Waals surface area (Å²) in [5, 5.41) is 9.04. The van der Waals surface area contributed by atoms with Crippen molar-refractivity contribution in [3.63, 3.8) is 0 Å². The first-order valence-corrected chi connectivity index (χ1v) is 6.09. The smallest absolute Gasteiger partial charge is 0.307 e. The molecule has 1 N–H and O–H groups in total. The largest absolute Gasteiger partial charge is 0.481 e. The van der Waals surface area contributed by atoms with Gasteiger partial charge in [-0.25, -0.2) is 0 Å². The molecule has 0 radical (unpaired) electrons. The van der Waals surface area contributed by atoms with Crippen LogP contribution in [0.15, 0.2) is 24.4 Å². The van der Waals surface area contributed by atoms with Crippen LogP contribution >= 0.6 is 0 Å². The number of nitrogens with zero attached hydrogens (tertiary/aromatic N) is 1. The Labute approximate surface area is 99.7 Å². The molecule has 0 saturated heterocycles. The van der Waals surface area contributed by atoms with Crippen molar-refractivity contribution < 1.29 is 9.90 Å². The van der Waals surface area contributed by atoms with Gasteiger partial charge in [-0.15, -0.1) is 0 Å². The summed E-state index contributed by atoms with van der Waals surface area (Å²) in [7, 11) is 0. The predicted molar refractivity (Wildman–Crippen MR) is 65.4 cm³/mol. The number of carboxylic acids is 1. The Morgan fingerprint density at radius 2 is 2.12 bits per heavy atom. The lowest BCUT2D eigenvalue weighted by Crippen LogP contribution is -2.06. The minimum Gasteiger partial charge on any atom is -0.481 e. The van der Waals surface area contributed by atoms with Gasteiger partial charge in [0.2, 0.25) is 0 Å². The first kappa shape index (κ1) is 10.4. The second-order valence-corrected chi connectivity index (χ2v) is 4.64. The lowest BCUT2D eigenvalue weighted by Gasteiger charge is -2.12. The van der Waals surface area contributed by atoms with Crippen molar-refractivity contribution in [2.24, 2.45) is 0 Å². The van der Waals surface area contributed by atoms with E-state index >= 15 is 0 Å². The highest BCUT2D eigenvalue weighted by Crippen LogP contribution is 2.30. The summed E-state index contributed by atoms with van der Waals surface area (Å²) in [5.74, 6) is -0.741. The highest BCUT2D eigenvalue weighted by atomic mass is 16.4. The van der Waals surface area contributed by atoms with Gasteiger partial charge in [-0.1, -0.05) is 6.07 Å². The van der Waals surface area contributed by atoms with E-state index in [1.165, 1.54) is 24.1 Å². The van der Waals surface area contributed by atoms with E-state index in [0.717, 1.165) is 23.9 Å². The lowest BCUT2D eigenvalue weighted by atomic mass is 9.93. The number of aromatic nitrogens is 1. The molecule has 0 aromatic carbocycles. The Morgan fingerprint density at radius 3 is 2.94 bits per heavy atom. The van der Waals surface area contributed by atoms with E-state index < -0.39 is 5.97 Å². The fourth-order valence-corrected chi connectivity index (χ4v) is 2.91. The van der Waals surface area contributed by atoms with Crippen molar-refractivity contribution in [1.29, 1.82) is 0 Å². The normalized spacial score (nSPS) is 14.8. The van der Waals surface area contributed by atoms with Crippen molar-refractivity contribution in [2.45, 2.75) is 32.1 Å². The Bertz CT molecular complexity index is 583. The van der Waals surface area contributed by atoms with Crippen LogP contribution in [-0.4, -0.2) is 15.5 Å². The number of hydrogen-bond acceptors (Lipinski definition) is 1. The van der Waals surface area contributed by atoms with Crippen LogP contribution < -0.4 is 0 Å². The molecule has 1 aliphatic rings. The van der Waals surface area contributed by atoms with E-state index in [2.05, 4.69) is 4.40 Å². The Kier molecular flexibility index (Phi) is 2.39. The number of carbonyl (C=O) groups is 1. The summed E-state index contributed by atoms with van der Waals surface area (Å²) < 4.78 is 2.17. The lowest BCUT2D eigenvalue weighted by molar-refractivity contribution is -0.136. The summed E-state index contributed by atoms with van der Waals surface area (Å²) >= 11 is 0. The summed E-state index contributed by atoms with van der Waals surface area (Å²) in [4.78, 5) is 11.0. The molecule has 17 heavy (non-hydrogen) atoms. The van der Waals surface area contributed by atoms with Gasteiger partial charge in [-0.05, 0) is 48.9 Å². The van der Waals surface area contributed by atoms with Crippen LogP contribution in [0.4, 0.5) is 0 Å². The minimum atomic E-state index is -0.741. The van der Waals surface area contributed by atoms with Crippen molar-refractivity contribution in [2.75, 3.05) is 0 Å². The Balaban J connectivity index is 2.27. The predicted octanol–water partition coefficient (Wildman–Crippen LogP) is 2.45. The molecule has 3 nitrogen and oxygen atoms in total. The fourth-order valence-electron chi connectivity index (χ4n) is 2.91. The molecule has 0 unspecified atom stereocenters. The summed E-state index contributed by atoms with van der Waals surface area (Å²) in [6.45, 7) is 0. The second-order valence-electron chi connectivity index (χ2n) is 4.64. The van der Waals surface area contributed by atoms with Gasteiger partial charge >= 0.3 is 5.97 Å². The fraction of sp³-hybridized carbons (Fsp3) is 0.357. The van der Waals surface area contributed by atoms with E-state index in [1.807, 2.05) is 24.4 Å². The number of aliphatic carboxylic acids is 1. The second kappa shape index (κ2) is 3.91. The average Bonchev–Trinajstić information content (AvgIpc) is 2.65. The molecular formula is C14H15NO2. The maximum Gasteiger partial charge on any atom is 0.307 e. The third-order valence-corrected chi connectivity index (χ3v) is 3.59. The van der Waals surface area contributed by atoms with Crippen LogP contribution in [0.25, 0.3) is 5.52 Å². The van der Waals surface area contributed by atoms with Crippen molar-refractivity contribution in [3.05, 3.63) is 41.2 Å². The summed E-state index contributed by atoms with van der Waals surface area (Å²) in [6.07, 6.45) is 6.67. The number of rotatable bonds is 2. The maximum atomic E-state index is 11.0. The zero-order valence-corrected chi connectivity index (χ0v) is 9.65.